The molecule has 1 aliphatic rings. The molecule has 1 heterocycles. The van der Waals surface area contributed by atoms with E-state index >= 15 is 0 Å². The van der Waals surface area contributed by atoms with Crippen LogP contribution in [-0.2, 0) is 0 Å². The Morgan fingerprint density at radius 3 is 2.42 bits per heavy atom. The van der Waals surface area contributed by atoms with Gasteiger partial charge >= 0.3 is 0 Å². The van der Waals surface area contributed by atoms with Crippen molar-refractivity contribution in [1.29, 1.82) is 0 Å². The molecule has 1 fully saturated rings. The molecule has 0 aliphatic carbocycles. The van der Waals surface area contributed by atoms with Gasteiger partial charge in [0.2, 0.25) is 0 Å². The van der Waals surface area contributed by atoms with Gasteiger partial charge in [0.15, 0.2) is 0 Å². The lowest BCUT2D eigenvalue weighted by atomic mass is 10.1. The van der Waals surface area contributed by atoms with Crippen molar-refractivity contribution in [3.8, 4) is 5.75 Å². The first-order valence-corrected chi connectivity index (χ1v) is 8.17. The Balaban J connectivity index is 1.66. The van der Waals surface area contributed by atoms with Crippen LogP contribution in [-0.4, -0.2) is 35.3 Å². The molecule has 1 saturated heterocycles. The quantitative estimate of drug-likeness (QED) is 0.811. The average Bonchev–Trinajstić information content (AvgIpc) is 2.59. The number of anilines is 2. The molecule has 5 nitrogen and oxygen atoms in total. The van der Waals surface area contributed by atoms with E-state index in [0.717, 1.165) is 37.2 Å². The summed E-state index contributed by atoms with van der Waals surface area (Å²) in [6, 6.07) is 12.5. The first-order chi connectivity index (χ1) is 11.5. The molecule has 0 saturated carbocycles. The van der Waals surface area contributed by atoms with Gasteiger partial charge in [0, 0.05) is 36.1 Å². The van der Waals surface area contributed by atoms with E-state index in [4.69, 9.17) is 0 Å². The first-order valence-electron chi connectivity index (χ1n) is 8.17. The van der Waals surface area contributed by atoms with Gasteiger partial charge in [-0.25, -0.2) is 0 Å². The van der Waals surface area contributed by atoms with E-state index in [9.17, 15) is 15.0 Å². The second-order valence-electron chi connectivity index (χ2n) is 6.22. The lowest BCUT2D eigenvalue weighted by Crippen LogP contribution is -2.35. The Labute approximate surface area is 141 Å². The Morgan fingerprint density at radius 2 is 1.79 bits per heavy atom. The van der Waals surface area contributed by atoms with Gasteiger partial charge in [0.1, 0.15) is 5.75 Å². The van der Waals surface area contributed by atoms with Crippen molar-refractivity contribution in [3.63, 3.8) is 0 Å². The minimum Gasteiger partial charge on any atom is -0.508 e. The fourth-order valence-electron chi connectivity index (χ4n) is 2.84. The molecule has 0 atom stereocenters. The number of piperidine rings is 1. The number of carbonyl (C=O) groups is 1. The second kappa shape index (κ2) is 6.93. The number of rotatable bonds is 3. The number of aryl methyl sites for hydroxylation is 1. The van der Waals surface area contributed by atoms with Crippen LogP contribution in [0, 0.1) is 6.92 Å². The Kier molecular flexibility index (Phi) is 4.71. The maximum absolute atomic E-state index is 12.3. The van der Waals surface area contributed by atoms with Crippen LogP contribution >= 0.6 is 0 Å². The Bertz CT molecular complexity index is 720. The number of nitrogens with one attached hydrogen (secondary N) is 1. The SMILES string of the molecule is Cc1ccc(NC(=O)c2ccc(N3CCC(O)CC3)cc2)cc1O. The maximum atomic E-state index is 12.3. The molecule has 0 bridgehead atoms. The summed E-state index contributed by atoms with van der Waals surface area (Å²) >= 11 is 0. The van der Waals surface area contributed by atoms with E-state index in [2.05, 4.69) is 10.2 Å². The Morgan fingerprint density at radius 1 is 1.12 bits per heavy atom. The van der Waals surface area contributed by atoms with Crippen molar-refractivity contribution in [3.05, 3.63) is 53.6 Å². The fraction of sp³-hybridized carbons (Fsp3) is 0.316. The van der Waals surface area contributed by atoms with E-state index in [1.54, 1.807) is 37.3 Å². The van der Waals surface area contributed by atoms with Gasteiger partial charge in [0.05, 0.1) is 6.10 Å². The van der Waals surface area contributed by atoms with E-state index in [1.165, 1.54) is 0 Å². The first kappa shape index (κ1) is 16.3. The number of hydrogen-bond acceptors (Lipinski definition) is 4. The zero-order valence-electron chi connectivity index (χ0n) is 13.7. The number of phenolic OH excluding ortho intramolecular Hbond substituents is 1. The van der Waals surface area contributed by atoms with Crippen LogP contribution in [0.2, 0.25) is 0 Å². The van der Waals surface area contributed by atoms with E-state index in [-0.39, 0.29) is 17.8 Å². The third kappa shape index (κ3) is 3.68. The zero-order valence-corrected chi connectivity index (χ0v) is 13.7. The number of aliphatic hydroxyl groups excluding tert-OH is 1. The summed E-state index contributed by atoms with van der Waals surface area (Å²) in [7, 11) is 0. The standard InChI is InChI=1S/C19H22N2O3/c1-13-2-5-15(12-18(13)23)20-19(24)14-3-6-16(7-4-14)21-10-8-17(22)9-11-21/h2-7,12,17,22-23H,8-11H2,1H3,(H,20,24). The van der Waals surface area contributed by atoms with Gasteiger partial charge in [-0.15, -0.1) is 0 Å². The lowest BCUT2D eigenvalue weighted by molar-refractivity contribution is 0.102. The Hall–Kier alpha value is -2.53. The largest absolute Gasteiger partial charge is 0.508 e. The highest BCUT2D eigenvalue weighted by Crippen LogP contribution is 2.23. The summed E-state index contributed by atoms with van der Waals surface area (Å²) in [5.74, 6) is -0.0469. The fourth-order valence-corrected chi connectivity index (χ4v) is 2.84. The number of carbonyl (C=O) groups excluding carboxylic acids is 1. The van der Waals surface area contributed by atoms with E-state index in [1.807, 2.05) is 12.1 Å². The van der Waals surface area contributed by atoms with Gasteiger partial charge in [0.25, 0.3) is 5.91 Å². The molecule has 24 heavy (non-hydrogen) atoms. The summed E-state index contributed by atoms with van der Waals surface area (Å²) in [5, 5.41) is 22.1. The van der Waals surface area contributed by atoms with Gasteiger partial charge in [-0.05, 0) is 55.7 Å². The van der Waals surface area contributed by atoms with E-state index in [0.29, 0.717) is 11.3 Å². The van der Waals surface area contributed by atoms with Crippen LogP contribution in [0.1, 0.15) is 28.8 Å². The summed E-state index contributed by atoms with van der Waals surface area (Å²) in [4.78, 5) is 14.5. The predicted octanol–water partition coefficient (Wildman–Crippen LogP) is 2.91. The maximum Gasteiger partial charge on any atom is 0.255 e. The lowest BCUT2D eigenvalue weighted by Gasteiger charge is -2.31. The molecule has 126 valence electrons. The number of hydrogen-bond donors (Lipinski definition) is 3. The molecule has 0 unspecified atom stereocenters. The number of amides is 1. The van der Waals surface area contributed by atoms with Gasteiger partial charge < -0.3 is 20.4 Å². The highest BCUT2D eigenvalue weighted by Gasteiger charge is 2.17. The molecule has 5 heteroatoms. The molecule has 2 aromatic carbocycles. The smallest absolute Gasteiger partial charge is 0.255 e. The molecule has 2 aromatic rings. The third-order valence-corrected chi connectivity index (χ3v) is 4.43. The van der Waals surface area contributed by atoms with Crippen LogP contribution in [0.25, 0.3) is 0 Å². The van der Waals surface area contributed by atoms with Gasteiger partial charge in [-0.1, -0.05) is 6.07 Å². The summed E-state index contributed by atoms with van der Waals surface area (Å²) < 4.78 is 0. The van der Waals surface area contributed by atoms with Crippen LogP contribution < -0.4 is 10.2 Å². The van der Waals surface area contributed by atoms with Crippen molar-refractivity contribution in [2.24, 2.45) is 0 Å². The molecule has 3 rings (SSSR count). The predicted molar refractivity (Wildman–Crippen MR) is 94.7 cm³/mol. The van der Waals surface area contributed by atoms with Gasteiger partial charge in [-0.3, -0.25) is 4.79 Å². The monoisotopic (exact) mass is 326 g/mol. The van der Waals surface area contributed by atoms with Gasteiger partial charge in [-0.2, -0.15) is 0 Å². The van der Waals surface area contributed by atoms with Crippen LogP contribution in [0.3, 0.4) is 0 Å². The topological polar surface area (TPSA) is 72.8 Å². The molecule has 1 aliphatic heterocycles. The highest BCUT2D eigenvalue weighted by atomic mass is 16.3. The summed E-state index contributed by atoms with van der Waals surface area (Å²) in [6.07, 6.45) is 1.36. The minimum absolute atomic E-state index is 0.162. The number of phenols is 1. The van der Waals surface area contributed by atoms with Crippen molar-refractivity contribution >= 4 is 17.3 Å². The third-order valence-electron chi connectivity index (χ3n) is 4.43. The van der Waals surface area contributed by atoms with Crippen LogP contribution in [0.5, 0.6) is 5.75 Å². The molecular weight excluding hydrogens is 304 g/mol. The molecule has 0 spiro atoms. The molecule has 1 amide bonds. The van der Waals surface area contributed by atoms with Crippen molar-refractivity contribution in [2.75, 3.05) is 23.3 Å². The summed E-state index contributed by atoms with van der Waals surface area (Å²) in [5.41, 5.74) is 2.96. The molecule has 3 N–H and O–H groups in total. The van der Waals surface area contributed by atoms with Crippen molar-refractivity contribution in [1.82, 2.24) is 0 Å². The van der Waals surface area contributed by atoms with Crippen molar-refractivity contribution in [2.45, 2.75) is 25.9 Å². The van der Waals surface area contributed by atoms with Crippen molar-refractivity contribution < 1.29 is 15.0 Å². The normalized spacial score (nSPS) is 15.3. The van der Waals surface area contributed by atoms with Crippen LogP contribution in [0.4, 0.5) is 11.4 Å². The number of aromatic hydroxyl groups is 1. The molecule has 0 radical (unpaired) electrons. The summed E-state index contributed by atoms with van der Waals surface area (Å²) in [6.45, 7) is 3.46. The second-order valence-corrected chi connectivity index (χ2v) is 6.22. The highest BCUT2D eigenvalue weighted by molar-refractivity contribution is 6.04. The van der Waals surface area contributed by atoms with Crippen LogP contribution in [0.15, 0.2) is 42.5 Å². The number of aliphatic hydroxyl groups is 1. The minimum atomic E-state index is -0.209. The average molecular weight is 326 g/mol. The molecular formula is C19H22N2O3. The number of benzene rings is 2. The zero-order chi connectivity index (χ0) is 17.1. The molecule has 0 aromatic heterocycles. The van der Waals surface area contributed by atoms with E-state index < -0.39 is 0 Å². The number of nitrogens with zero attached hydrogens (tertiary/aromatic N) is 1.